The molecule has 2 nitrogen and oxygen atoms in total. The third-order valence-electron chi connectivity index (χ3n) is 3.59. The second-order valence-electron chi connectivity index (χ2n) is 5.23. The van der Waals surface area contributed by atoms with Gasteiger partial charge in [-0.1, -0.05) is 33.1 Å². The van der Waals surface area contributed by atoms with Crippen molar-refractivity contribution in [2.24, 2.45) is 5.92 Å². The Balaban J connectivity index is 2.44. The maximum atomic E-state index is 4.51. The second-order valence-corrected chi connectivity index (χ2v) is 6.46. The molecule has 2 atom stereocenters. The van der Waals surface area contributed by atoms with Crippen molar-refractivity contribution in [1.82, 2.24) is 10.3 Å². The summed E-state index contributed by atoms with van der Waals surface area (Å²) in [5, 5.41) is 4.86. The standard InChI is InChI=1S/C15H28N2S/c1-6-8-9-14(7-2)10-16-11(3)15-12(4)17-13(5)18-15/h11,14,16H,6-10H2,1-5H3. The third kappa shape index (κ3) is 4.69. The van der Waals surface area contributed by atoms with Gasteiger partial charge in [0.2, 0.25) is 0 Å². The lowest BCUT2D eigenvalue weighted by Gasteiger charge is -2.19. The summed E-state index contributed by atoms with van der Waals surface area (Å²) in [7, 11) is 0. The van der Waals surface area contributed by atoms with Crippen LogP contribution >= 0.6 is 11.3 Å². The van der Waals surface area contributed by atoms with Gasteiger partial charge in [-0.25, -0.2) is 4.98 Å². The number of nitrogens with zero attached hydrogens (tertiary/aromatic N) is 1. The molecule has 0 bridgehead atoms. The molecule has 1 rings (SSSR count). The van der Waals surface area contributed by atoms with Gasteiger partial charge in [-0.15, -0.1) is 11.3 Å². The Morgan fingerprint density at radius 3 is 2.50 bits per heavy atom. The van der Waals surface area contributed by atoms with Gasteiger partial charge >= 0.3 is 0 Å². The predicted octanol–water partition coefficient (Wildman–Crippen LogP) is 4.63. The van der Waals surface area contributed by atoms with E-state index >= 15 is 0 Å². The van der Waals surface area contributed by atoms with Gasteiger partial charge in [-0.2, -0.15) is 0 Å². The Bertz CT molecular complexity index is 346. The minimum Gasteiger partial charge on any atom is -0.309 e. The summed E-state index contributed by atoms with van der Waals surface area (Å²) in [6, 6.07) is 0.437. The summed E-state index contributed by atoms with van der Waals surface area (Å²) in [6.45, 7) is 12.2. The van der Waals surface area contributed by atoms with Gasteiger partial charge in [0.15, 0.2) is 0 Å². The van der Waals surface area contributed by atoms with Crippen molar-refractivity contribution in [1.29, 1.82) is 0 Å². The van der Waals surface area contributed by atoms with Gasteiger partial charge in [0.05, 0.1) is 10.7 Å². The van der Waals surface area contributed by atoms with Crippen LogP contribution in [0, 0.1) is 19.8 Å². The Kier molecular flexibility index (Phi) is 6.87. The average Bonchev–Trinajstić information content (AvgIpc) is 2.68. The number of aromatic nitrogens is 1. The zero-order chi connectivity index (χ0) is 13.5. The smallest absolute Gasteiger partial charge is 0.0900 e. The molecule has 1 aromatic heterocycles. The fraction of sp³-hybridized carbons (Fsp3) is 0.800. The number of aryl methyl sites for hydroxylation is 2. The SMILES string of the molecule is CCCCC(CC)CNC(C)c1sc(C)nc1C. The van der Waals surface area contributed by atoms with Crippen molar-refractivity contribution >= 4 is 11.3 Å². The lowest BCUT2D eigenvalue weighted by molar-refractivity contribution is 0.399. The van der Waals surface area contributed by atoms with Crippen LogP contribution in [0.15, 0.2) is 0 Å². The highest BCUT2D eigenvalue weighted by atomic mass is 32.1. The fourth-order valence-electron chi connectivity index (χ4n) is 2.33. The summed E-state index contributed by atoms with van der Waals surface area (Å²) >= 11 is 1.83. The maximum Gasteiger partial charge on any atom is 0.0900 e. The molecule has 0 amide bonds. The summed E-state index contributed by atoms with van der Waals surface area (Å²) < 4.78 is 0. The molecule has 3 heteroatoms. The molecular formula is C15H28N2S. The van der Waals surface area contributed by atoms with E-state index in [1.165, 1.54) is 41.3 Å². The Morgan fingerprint density at radius 2 is 2.00 bits per heavy atom. The first-order valence-corrected chi connectivity index (χ1v) is 8.07. The number of unbranched alkanes of at least 4 members (excludes halogenated alkanes) is 1. The highest BCUT2D eigenvalue weighted by Crippen LogP contribution is 2.24. The van der Waals surface area contributed by atoms with E-state index in [0.29, 0.717) is 6.04 Å². The van der Waals surface area contributed by atoms with Gasteiger partial charge in [0.25, 0.3) is 0 Å². The topological polar surface area (TPSA) is 24.9 Å². The van der Waals surface area contributed by atoms with Crippen molar-refractivity contribution in [2.45, 2.75) is 66.3 Å². The first-order valence-electron chi connectivity index (χ1n) is 7.25. The molecule has 1 aromatic rings. The molecule has 0 fully saturated rings. The largest absolute Gasteiger partial charge is 0.309 e. The van der Waals surface area contributed by atoms with Gasteiger partial charge in [-0.05, 0) is 39.7 Å². The summed E-state index contributed by atoms with van der Waals surface area (Å²) in [5.41, 5.74) is 1.19. The second kappa shape index (κ2) is 7.90. The van der Waals surface area contributed by atoms with Crippen LogP contribution in [0.1, 0.15) is 68.1 Å². The van der Waals surface area contributed by atoms with E-state index in [1.807, 2.05) is 11.3 Å². The molecule has 1 heterocycles. The number of hydrogen-bond donors (Lipinski definition) is 1. The summed E-state index contributed by atoms with van der Waals surface area (Å²) in [4.78, 5) is 5.91. The van der Waals surface area contributed by atoms with E-state index in [4.69, 9.17) is 0 Å². The molecule has 0 saturated heterocycles. The maximum absolute atomic E-state index is 4.51. The fourth-order valence-corrected chi connectivity index (χ4v) is 3.28. The van der Waals surface area contributed by atoms with Gasteiger partial charge in [0.1, 0.15) is 0 Å². The zero-order valence-corrected chi connectivity index (χ0v) is 13.4. The van der Waals surface area contributed by atoms with E-state index in [1.54, 1.807) is 0 Å². The van der Waals surface area contributed by atoms with E-state index in [9.17, 15) is 0 Å². The Morgan fingerprint density at radius 1 is 1.28 bits per heavy atom. The molecular weight excluding hydrogens is 240 g/mol. The molecule has 104 valence electrons. The van der Waals surface area contributed by atoms with Crippen molar-refractivity contribution in [3.05, 3.63) is 15.6 Å². The monoisotopic (exact) mass is 268 g/mol. The van der Waals surface area contributed by atoms with E-state index in [0.717, 1.165) is 12.5 Å². The van der Waals surface area contributed by atoms with E-state index in [2.05, 4.69) is 44.9 Å². The number of nitrogens with one attached hydrogen (secondary N) is 1. The van der Waals surface area contributed by atoms with Crippen molar-refractivity contribution in [3.8, 4) is 0 Å². The van der Waals surface area contributed by atoms with Crippen LogP contribution in [0.4, 0.5) is 0 Å². The van der Waals surface area contributed by atoms with Crippen LogP contribution < -0.4 is 5.32 Å². The first-order chi connectivity index (χ1) is 8.58. The molecule has 0 aromatic carbocycles. The van der Waals surface area contributed by atoms with Crippen molar-refractivity contribution in [3.63, 3.8) is 0 Å². The average molecular weight is 268 g/mol. The molecule has 18 heavy (non-hydrogen) atoms. The first kappa shape index (κ1) is 15.6. The molecule has 0 aliphatic carbocycles. The third-order valence-corrected chi connectivity index (χ3v) is 4.84. The van der Waals surface area contributed by atoms with Crippen LogP contribution in [0.2, 0.25) is 0 Å². The van der Waals surface area contributed by atoms with Crippen LogP contribution in [0.5, 0.6) is 0 Å². The molecule has 2 unspecified atom stereocenters. The molecule has 0 aliphatic rings. The van der Waals surface area contributed by atoms with Crippen molar-refractivity contribution < 1.29 is 0 Å². The lowest BCUT2D eigenvalue weighted by atomic mass is 9.99. The number of rotatable bonds is 8. The molecule has 0 radical (unpaired) electrons. The minimum atomic E-state index is 0.437. The normalized spacial score (nSPS) is 14.7. The van der Waals surface area contributed by atoms with E-state index in [-0.39, 0.29) is 0 Å². The van der Waals surface area contributed by atoms with Gasteiger partial charge < -0.3 is 5.32 Å². The van der Waals surface area contributed by atoms with Crippen LogP contribution in [-0.4, -0.2) is 11.5 Å². The zero-order valence-electron chi connectivity index (χ0n) is 12.5. The number of thiazole rings is 1. The predicted molar refractivity (Wildman–Crippen MR) is 81.3 cm³/mol. The van der Waals surface area contributed by atoms with Crippen LogP contribution in [0.3, 0.4) is 0 Å². The van der Waals surface area contributed by atoms with Crippen LogP contribution in [0.25, 0.3) is 0 Å². The number of hydrogen-bond acceptors (Lipinski definition) is 3. The van der Waals surface area contributed by atoms with Crippen molar-refractivity contribution in [2.75, 3.05) is 6.54 Å². The summed E-state index contributed by atoms with van der Waals surface area (Å²) in [6.07, 6.45) is 5.29. The molecule has 0 aliphatic heterocycles. The minimum absolute atomic E-state index is 0.437. The highest BCUT2D eigenvalue weighted by molar-refractivity contribution is 7.11. The Labute approximate surface area is 116 Å². The van der Waals surface area contributed by atoms with Gasteiger partial charge in [0, 0.05) is 10.9 Å². The molecule has 0 spiro atoms. The Hall–Kier alpha value is -0.410. The molecule has 0 saturated carbocycles. The lowest BCUT2D eigenvalue weighted by Crippen LogP contribution is -2.25. The van der Waals surface area contributed by atoms with Gasteiger partial charge in [-0.3, -0.25) is 0 Å². The summed E-state index contributed by atoms with van der Waals surface area (Å²) in [5.74, 6) is 0.821. The molecule has 1 N–H and O–H groups in total. The highest BCUT2D eigenvalue weighted by Gasteiger charge is 2.14. The van der Waals surface area contributed by atoms with E-state index < -0.39 is 0 Å². The van der Waals surface area contributed by atoms with Crippen LogP contribution in [-0.2, 0) is 0 Å². The quantitative estimate of drug-likeness (QED) is 0.743.